The predicted octanol–water partition coefficient (Wildman–Crippen LogP) is 2.88. The fraction of sp³-hybridized carbons (Fsp3) is 0.421. The summed E-state index contributed by atoms with van der Waals surface area (Å²) >= 11 is 0. The number of pyridine rings is 1. The second kappa shape index (κ2) is 7.43. The molecule has 1 fully saturated rings. The van der Waals surface area contributed by atoms with Crippen LogP contribution in [-0.2, 0) is 16.0 Å². The minimum atomic E-state index is -0.763. The van der Waals surface area contributed by atoms with Gasteiger partial charge >= 0.3 is 5.97 Å². The molecule has 0 radical (unpaired) electrons. The largest absolute Gasteiger partial charge is 0.481 e. The summed E-state index contributed by atoms with van der Waals surface area (Å²) < 4.78 is 0. The fourth-order valence-electron chi connectivity index (χ4n) is 3.35. The van der Waals surface area contributed by atoms with Crippen LogP contribution in [0, 0.1) is 5.92 Å². The van der Waals surface area contributed by atoms with Crippen molar-refractivity contribution in [1.29, 1.82) is 0 Å². The third kappa shape index (κ3) is 4.10. The number of rotatable bonds is 5. The molecule has 3 rings (SSSR count). The third-order valence-electron chi connectivity index (χ3n) is 4.64. The molecule has 1 atom stereocenters. The van der Waals surface area contributed by atoms with Crippen molar-refractivity contribution < 1.29 is 14.7 Å². The van der Waals surface area contributed by atoms with E-state index in [1.165, 1.54) is 0 Å². The van der Waals surface area contributed by atoms with Gasteiger partial charge in [-0.05, 0) is 42.9 Å². The lowest BCUT2D eigenvalue weighted by molar-refractivity contribution is -0.137. The summed E-state index contributed by atoms with van der Waals surface area (Å²) in [6.45, 7) is 1.44. The Hall–Kier alpha value is -2.43. The zero-order valence-electron chi connectivity index (χ0n) is 13.6. The maximum absolute atomic E-state index is 12.6. The van der Waals surface area contributed by atoms with Gasteiger partial charge in [-0.15, -0.1) is 0 Å². The van der Waals surface area contributed by atoms with Gasteiger partial charge in [0.2, 0.25) is 5.91 Å². The van der Waals surface area contributed by atoms with Crippen LogP contribution in [0.15, 0.2) is 36.5 Å². The number of carbonyl (C=O) groups excluding carboxylic acids is 1. The van der Waals surface area contributed by atoms with Crippen LogP contribution >= 0.6 is 0 Å². The molecule has 1 aliphatic rings. The monoisotopic (exact) mass is 326 g/mol. The maximum atomic E-state index is 12.6. The Morgan fingerprint density at radius 2 is 2.12 bits per heavy atom. The number of para-hydroxylation sites is 1. The first-order valence-electron chi connectivity index (χ1n) is 8.45. The first kappa shape index (κ1) is 16.4. The van der Waals surface area contributed by atoms with Crippen molar-refractivity contribution in [3.8, 4) is 0 Å². The van der Waals surface area contributed by atoms with E-state index < -0.39 is 5.97 Å². The van der Waals surface area contributed by atoms with Crippen LogP contribution in [0.3, 0.4) is 0 Å². The lowest BCUT2D eigenvalue weighted by Crippen LogP contribution is -2.40. The second-order valence-electron chi connectivity index (χ2n) is 6.49. The minimum Gasteiger partial charge on any atom is -0.481 e. The summed E-state index contributed by atoms with van der Waals surface area (Å²) in [6, 6.07) is 9.89. The Kier molecular flexibility index (Phi) is 5.08. The summed E-state index contributed by atoms with van der Waals surface area (Å²) in [4.78, 5) is 29.6. The molecule has 5 heteroatoms. The fourth-order valence-corrected chi connectivity index (χ4v) is 3.35. The molecule has 1 amide bonds. The standard InChI is InChI=1S/C19H22N2O3/c22-18(21-9-3-4-14(13-21)7-8-19(23)24)11-15-10-16-5-1-2-6-17(16)20-12-15/h1-2,5-6,10,12,14H,3-4,7-9,11,13H2,(H,23,24). The van der Waals surface area contributed by atoms with E-state index >= 15 is 0 Å². The SMILES string of the molecule is O=C(O)CCC1CCCN(C(=O)Cc2cnc3ccccc3c2)C1. The van der Waals surface area contributed by atoms with Crippen molar-refractivity contribution in [3.63, 3.8) is 0 Å². The van der Waals surface area contributed by atoms with Crippen molar-refractivity contribution in [3.05, 3.63) is 42.1 Å². The predicted molar refractivity (Wildman–Crippen MR) is 91.6 cm³/mol. The number of benzene rings is 1. The molecule has 1 N–H and O–H groups in total. The average molecular weight is 326 g/mol. The van der Waals surface area contributed by atoms with Gasteiger partial charge in [-0.3, -0.25) is 14.6 Å². The highest BCUT2D eigenvalue weighted by atomic mass is 16.4. The number of carboxylic acids is 1. The van der Waals surface area contributed by atoms with Crippen LogP contribution in [0.5, 0.6) is 0 Å². The molecule has 0 spiro atoms. The van der Waals surface area contributed by atoms with E-state index in [0.29, 0.717) is 25.3 Å². The molecule has 0 bridgehead atoms. The lowest BCUT2D eigenvalue weighted by atomic mass is 9.93. The molecule has 1 unspecified atom stereocenters. The molecule has 0 saturated carbocycles. The van der Waals surface area contributed by atoms with Crippen LogP contribution in [0.4, 0.5) is 0 Å². The van der Waals surface area contributed by atoms with E-state index in [9.17, 15) is 9.59 Å². The van der Waals surface area contributed by atoms with E-state index in [1.54, 1.807) is 6.20 Å². The molecule has 0 aliphatic carbocycles. The van der Waals surface area contributed by atoms with Crippen LogP contribution in [0.25, 0.3) is 10.9 Å². The zero-order valence-corrected chi connectivity index (χ0v) is 13.6. The average Bonchev–Trinajstić information content (AvgIpc) is 2.60. The molecular weight excluding hydrogens is 304 g/mol. The number of hydrogen-bond donors (Lipinski definition) is 1. The molecule has 24 heavy (non-hydrogen) atoms. The number of amides is 1. The van der Waals surface area contributed by atoms with Gasteiger partial charge in [-0.2, -0.15) is 0 Å². The number of hydrogen-bond acceptors (Lipinski definition) is 3. The summed E-state index contributed by atoms with van der Waals surface area (Å²) in [7, 11) is 0. The molecule has 5 nitrogen and oxygen atoms in total. The number of nitrogens with zero attached hydrogens (tertiary/aromatic N) is 2. The quantitative estimate of drug-likeness (QED) is 0.917. The summed E-state index contributed by atoms with van der Waals surface area (Å²) in [5.41, 5.74) is 1.85. The summed E-state index contributed by atoms with van der Waals surface area (Å²) in [6.07, 6.45) is 4.91. The molecule has 1 aromatic carbocycles. The highest BCUT2D eigenvalue weighted by Crippen LogP contribution is 2.22. The Balaban J connectivity index is 1.61. The maximum Gasteiger partial charge on any atom is 0.303 e. The van der Waals surface area contributed by atoms with E-state index in [2.05, 4.69) is 4.98 Å². The van der Waals surface area contributed by atoms with Crippen molar-refractivity contribution in [2.24, 2.45) is 5.92 Å². The van der Waals surface area contributed by atoms with Crippen molar-refractivity contribution in [2.75, 3.05) is 13.1 Å². The number of likely N-dealkylation sites (tertiary alicyclic amines) is 1. The van der Waals surface area contributed by atoms with Gasteiger partial charge in [0, 0.05) is 31.1 Å². The number of carboxylic acid groups (broad SMARTS) is 1. The Morgan fingerprint density at radius 3 is 2.96 bits per heavy atom. The Labute approximate surface area is 141 Å². The highest BCUT2D eigenvalue weighted by molar-refractivity contribution is 5.82. The molecule has 126 valence electrons. The van der Waals surface area contributed by atoms with Gasteiger partial charge in [0.05, 0.1) is 11.9 Å². The number of carbonyl (C=O) groups is 2. The first-order chi connectivity index (χ1) is 11.6. The van der Waals surface area contributed by atoms with E-state index in [1.807, 2.05) is 35.2 Å². The Morgan fingerprint density at radius 1 is 1.29 bits per heavy atom. The van der Waals surface area contributed by atoms with E-state index in [0.717, 1.165) is 35.9 Å². The summed E-state index contributed by atoms with van der Waals surface area (Å²) in [5, 5.41) is 9.86. The number of aromatic nitrogens is 1. The highest BCUT2D eigenvalue weighted by Gasteiger charge is 2.24. The van der Waals surface area contributed by atoms with Crippen LogP contribution in [-0.4, -0.2) is 40.0 Å². The molecule has 1 saturated heterocycles. The molecular formula is C19H22N2O3. The van der Waals surface area contributed by atoms with Crippen LogP contribution < -0.4 is 0 Å². The molecule has 2 aromatic rings. The summed E-state index contributed by atoms with van der Waals surface area (Å²) in [5.74, 6) is -0.360. The molecule has 2 heterocycles. The van der Waals surface area contributed by atoms with Crippen molar-refractivity contribution in [1.82, 2.24) is 9.88 Å². The van der Waals surface area contributed by atoms with Gasteiger partial charge in [-0.25, -0.2) is 0 Å². The van der Waals surface area contributed by atoms with Gasteiger partial charge in [0.15, 0.2) is 0 Å². The van der Waals surface area contributed by atoms with Gasteiger partial charge < -0.3 is 10.0 Å². The third-order valence-corrected chi connectivity index (χ3v) is 4.64. The number of fused-ring (bicyclic) bond motifs is 1. The second-order valence-corrected chi connectivity index (χ2v) is 6.49. The minimum absolute atomic E-state index is 0.104. The number of piperidine rings is 1. The van der Waals surface area contributed by atoms with Crippen LogP contribution in [0.2, 0.25) is 0 Å². The van der Waals surface area contributed by atoms with Gasteiger partial charge in [0.25, 0.3) is 0 Å². The topological polar surface area (TPSA) is 70.5 Å². The van der Waals surface area contributed by atoms with Crippen molar-refractivity contribution >= 4 is 22.8 Å². The normalized spacial score (nSPS) is 17.8. The van der Waals surface area contributed by atoms with Gasteiger partial charge in [0.1, 0.15) is 0 Å². The lowest BCUT2D eigenvalue weighted by Gasteiger charge is -2.32. The smallest absolute Gasteiger partial charge is 0.303 e. The Bertz CT molecular complexity index is 744. The molecule has 1 aromatic heterocycles. The van der Waals surface area contributed by atoms with Gasteiger partial charge in [-0.1, -0.05) is 18.2 Å². The van der Waals surface area contributed by atoms with E-state index in [-0.39, 0.29) is 12.3 Å². The first-order valence-corrected chi connectivity index (χ1v) is 8.45. The number of aliphatic carboxylic acids is 1. The van der Waals surface area contributed by atoms with Crippen molar-refractivity contribution in [2.45, 2.75) is 32.1 Å². The zero-order chi connectivity index (χ0) is 16.9. The van der Waals surface area contributed by atoms with Crippen LogP contribution in [0.1, 0.15) is 31.2 Å². The van der Waals surface area contributed by atoms with E-state index in [4.69, 9.17) is 5.11 Å². The molecule has 1 aliphatic heterocycles.